The van der Waals surface area contributed by atoms with Gasteiger partial charge in [0.25, 0.3) is 5.56 Å². The fraction of sp³-hybridized carbons (Fsp3) is 0.286. The average molecular weight is 311 g/mol. The monoisotopic (exact) mass is 310 g/mol. The quantitative estimate of drug-likeness (QED) is 0.753. The summed E-state index contributed by atoms with van der Waals surface area (Å²) in [5.41, 5.74) is 1.43. The number of benzene rings is 1. The molecule has 0 spiro atoms. The van der Waals surface area contributed by atoms with Crippen LogP contribution in [0.5, 0.6) is 5.75 Å². The number of nitrogens with one attached hydrogen (secondary N) is 2. The first kappa shape index (κ1) is 15.2. The second-order valence-corrected chi connectivity index (χ2v) is 5.07. The molecule has 1 heterocycles. The Balaban J connectivity index is 2.53. The van der Waals surface area contributed by atoms with Crippen LogP contribution >= 0.6 is 11.6 Å². The second kappa shape index (κ2) is 6.05. The van der Waals surface area contributed by atoms with E-state index in [0.717, 1.165) is 0 Å². The molecule has 1 aromatic heterocycles. The molecule has 0 amide bonds. The fourth-order valence-electron chi connectivity index (χ4n) is 2.25. The van der Waals surface area contributed by atoms with E-state index in [1.165, 1.54) is 19.2 Å². The molecular formula is C14H15ClN2O4. The molecule has 0 unspecified atom stereocenters. The van der Waals surface area contributed by atoms with Crippen molar-refractivity contribution in [3.8, 4) is 5.75 Å². The summed E-state index contributed by atoms with van der Waals surface area (Å²) in [7, 11) is 1.29. The zero-order chi connectivity index (χ0) is 15.6. The molecule has 1 aromatic carbocycles. The van der Waals surface area contributed by atoms with Crippen LogP contribution in [-0.4, -0.2) is 28.4 Å². The lowest BCUT2D eigenvalue weighted by molar-refractivity contribution is -0.140. The summed E-state index contributed by atoms with van der Waals surface area (Å²) in [4.78, 5) is 23.6. The Morgan fingerprint density at radius 1 is 1.43 bits per heavy atom. The summed E-state index contributed by atoms with van der Waals surface area (Å²) < 4.78 is 4.69. The summed E-state index contributed by atoms with van der Waals surface area (Å²) in [6, 6.07) is 4.59. The van der Waals surface area contributed by atoms with Gasteiger partial charge in [-0.1, -0.05) is 17.7 Å². The largest absolute Gasteiger partial charge is 0.506 e. The number of phenolic OH excluding ortho intramolecular Hbond substituents is 1. The topological polar surface area (TPSA) is 95.2 Å². The number of carbonyl (C=O) groups is 1. The molecule has 0 saturated heterocycles. The molecule has 0 bridgehead atoms. The number of carbonyl (C=O) groups excluding carboxylic acids is 1. The molecule has 7 heteroatoms. The van der Waals surface area contributed by atoms with Crippen molar-refractivity contribution in [1.82, 2.24) is 10.2 Å². The van der Waals surface area contributed by atoms with Crippen LogP contribution in [0.2, 0.25) is 5.02 Å². The SMILES string of the molecule is COC(=O)C[C@@H](c1ccc(O)c(Cl)c1)c1c(C)[nH][nH]c1=O. The van der Waals surface area contributed by atoms with E-state index in [2.05, 4.69) is 10.2 Å². The third-order valence-electron chi connectivity index (χ3n) is 3.33. The van der Waals surface area contributed by atoms with Crippen LogP contribution in [0.3, 0.4) is 0 Å². The van der Waals surface area contributed by atoms with Crippen LogP contribution in [0.15, 0.2) is 23.0 Å². The molecule has 0 aliphatic carbocycles. The van der Waals surface area contributed by atoms with Gasteiger partial charge in [-0.2, -0.15) is 0 Å². The van der Waals surface area contributed by atoms with Crippen LogP contribution < -0.4 is 5.56 Å². The van der Waals surface area contributed by atoms with Crippen molar-refractivity contribution in [1.29, 1.82) is 0 Å². The number of esters is 1. The fourth-order valence-corrected chi connectivity index (χ4v) is 2.44. The Hall–Kier alpha value is -2.21. The third kappa shape index (κ3) is 3.11. The minimum absolute atomic E-state index is 0.000618. The Morgan fingerprint density at radius 2 is 2.14 bits per heavy atom. The lowest BCUT2D eigenvalue weighted by atomic mass is 9.88. The van der Waals surface area contributed by atoms with Gasteiger partial charge in [-0.05, 0) is 24.6 Å². The number of phenols is 1. The van der Waals surface area contributed by atoms with Gasteiger partial charge in [-0.15, -0.1) is 0 Å². The van der Waals surface area contributed by atoms with Gasteiger partial charge in [-0.25, -0.2) is 0 Å². The van der Waals surface area contributed by atoms with Crippen molar-refractivity contribution in [3.05, 3.63) is 50.4 Å². The molecule has 0 aliphatic heterocycles. The minimum atomic E-state index is -0.509. The number of halogens is 1. The lowest BCUT2D eigenvalue weighted by Gasteiger charge is -2.16. The van der Waals surface area contributed by atoms with Gasteiger partial charge in [-0.3, -0.25) is 14.7 Å². The van der Waals surface area contributed by atoms with Crippen LogP contribution in [-0.2, 0) is 9.53 Å². The molecule has 112 valence electrons. The van der Waals surface area contributed by atoms with Gasteiger partial charge >= 0.3 is 5.97 Å². The highest BCUT2D eigenvalue weighted by molar-refractivity contribution is 6.32. The number of ether oxygens (including phenoxy) is 1. The van der Waals surface area contributed by atoms with E-state index in [-0.39, 0.29) is 22.8 Å². The number of methoxy groups -OCH3 is 1. The van der Waals surface area contributed by atoms with Crippen LogP contribution in [0.4, 0.5) is 0 Å². The predicted molar refractivity (Wildman–Crippen MR) is 77.7 cm³/mol. The Kier molecular flexibility index (Phi) is 4.37. The van der Waals surface area contributed by atoms with E-state index >= 15 is 0 Å². The van der Waals surface area contributed by atoms with Crippen LogP contribution in [0, 0.1) is 6.92 Å². The first-order chi connectivity index (χ1) is 9.93. The Bertz CT molecular complexity index is 720. The van der Waals surface area contributed by atoms with Crippen LogP contribution in [0.25, 0.3) is 0 Å². The van der Waals surface area contributed by atoms with Crippen molar-refractivity contribution in [3.63, 3.8) is 0 Å². The van der Waals surface area contributed by atoms with Gasteiger partial charge in [0.2, 0.25) is 0 Å². The molecule has 0 fully saturated rings. The number of hydrogen-bond acceptors (Lipinski definition) is 4. The smallest absolute Gasteiger partial charge is 0.306 e. The predicted octanol–water partition coefficient (Wildman–Crippen LogP) is 2.07. The number of aryl methyl sites for hydroxylation is 1. The molecule has 3 N–H and O–H groups in total. The second-order valence-electron chi connectivity index (χ2n) is 4.66. The number of rotatable bonds is 4. The molecule has 21 heavy (non-hydrogen) atoms. The molecule has 0 saturated carbocycles. The first-order valence-corrected chi connectivity index (χ1v) is 6.64. The number of aromatic hydroxyl groups is 1. The highest BCUT2D eigenvalue weighted by atomic mass is 35.5. The van der Waals surface area contributed by atoms with Crippen molar-refractivity contribution in [2.75, 3.05) is 7.11 Å². The lowest BCUT2D eigenvalue weighted by Crippen LogP contribution is -2.17. The van der Waals surface area contributed by atoms with Crippen molar-refractivity contribution in [2.45, 2.75) is 19.3 Å². The molecule has 2 rings (SSSR count). The summed E-state index contributed by atoms with van der Waals surface area (Å²) in [6.45, 7) is 1.74. The number of hydrogen-bond donors (Lipinski definition) is 3. The van der Waals surface area contributed by atoms with Crippen LogP contribution in [0.1, 0.15) is 29.2 Å². The summed E-state index contributed by atoms with van der Waals surface area (Å²) in [5, 5.41) is 14.9. The summed E-state index contributed by atoms with van der Waals surface area (Å²) in [6.07, 6.45) is -0.000618. The first-order valence-electron chi connectivity index (χ1n) is 6.26. The van der Waals surface area contributed by atoms with Gasteiger partial charge in [0.15, 0.2) is 0 Å². The molecule has 1 atom stereocenters. The maximum absolute atomic E-state index is 12.0. The molecule has 0 aliphatic rings. The van der Waals surface area contributed by atoms with E-state index in [1.807, 2.05) is 0 Å². The maximum atomic E-state index is 12.0. The zero-order valence-electron chi connectivity index (χ0n) is 11.6. The van der Waals surface area contributed by atoms with Crippen molar-refractivity contribution < 1.29 is 14.6 Å². The highest BCUT2D eigenvalue weighted by Crippen LogP contribution is 2.32. The molecule has 0 radical (unpaired) electrons. The van der Waals surface area contributed by atoms with Gasteiger partial charge in [0, 0.05) is 17.2 Å². The number of aromatic nitrogens is 2. The third-order valence-corrected chi connectivity index (χ3v) is 3.64. The van der Waals surface area contributed by atoms with Crippen molar-refractivity contribution in [2.24, 2.45) is 0 Å². The summed E-state index contributed by atoms with van der Waals surface area (Å²) in [5.74, 6) is -1.01. The van der Waals surface area contributed by atoms with E-state index in [4.69, 9.17) is 16.3 Å². The van der Waals surface area contributed by atoms with E-state index in [9.17, 15) is 14.7 Å². The number of aromatic amines is 2. The molecular weight excluding hydrogens is 296 g/mol. The van der Waals surface area contributed by atoms with E-state index in [0.29, 0.717) is 16.8 Å². The molecule has 2 aromatic rings. The van der Waals surface area contributed by atoms with Gasteiger partial charge in [0.05, 0.1) is 18.6 Å². The highest BCUT2D eigenvalue weighted by Gasteiger charge is 2.25. The van der Waals surface area contributed by atoms with Gasteiger partial charge < -0.3 is 14.9 Å². The standard InChI is InChI=1S/C14H15ClN2O4/c1-7-13(14(20)17-16-7)9(6-12(19)21-2)8-3-4-11(18)10(15)5-8/h3-5,9,18H,6H2,1-2H3,(H2,16,17,20)/t9-/m0/s1. The average Bonchev–Trinajstić information content (AvgIpc) is 2.78. The number of H-pyrrole nitrogens is 2. The summed E-state index contributed by atoms with van der Waals surface area (Å²) >= 11 is 5.91. The zero-order valence-corrected chi connectivity index (χ0v) is 12.3. The van der Waals surface area contributed by atoms with E-state index < -0.39 is 11.9 Å². The van der Waals surface area contributed by atoms with E-state index in [1.54, 1.807) is 13.0 Å². The van der Waals surface area contributed by atoms with Gasteiger partial charge in [0.1, 0.15) is 5.75 Å². The van der Waals surface area contributed by atoms with Crippen molar-refractivity contribution >= 4 is 17.6 Å². The maximum Gasteiger partial charge on any atom is 0.306 e. The Labute approximate surface area is 125 Å². The molecule has 6 nitrogen and oxygen atoms in total. The Morgan fingerprint density at radius 3 is 2.67 bits per heavy atom. The minimum Gasteiger partial charge on any atom is -0.506 e. The normalized spacial score (nSPS) is 12.1.